The average Bonchev–Trinajstić information content (AvgIpc) is 2.75. The Morgan fingerprint density at radius 3 is 1.70 bits per heavy atom. The Labute approximate surface area is 161 Å². The van der Waals surface area contributed by atoms with Crippen molar-refractivity contribution in [2.24, 2.45) is 0 Å². The lowest BCUT2D eigenvalue weighted by atomic mass is 10.1. The molecule has 0 aliphatic carbocycles. The van der Waals surface area contributed by atoms with Crippen molar-refractivity contribution in [2.45, 2.75) is 25.7 Å². The number of rotatable bonds is 3. The summed E-state index contributed by atoms with van der Waals surface area (Å²) in [6, 6.07) is 24.2. The fourth-order valence-corrected chi connectivity index (χ4v) is 6.66. The molecule has 0 aromatic heterocycles. The van der Waals surface area contributed by atoms with E-state index in [-0.39, 0.29) is 0 Å². The van der Waals surface area contributed by atoms with Gasteiger partial charge in [-0.05, 0) is 50.0 Å². The SMILES string of the molecule is c1ccc(P(c2cccc3c2OCCC3)c2cccc3c2OCCC3)cc1. The lowest BCUT2D eigenvalue weighted by Gasteiger charge is -2.29. The summed E-state index contributed by atoms with van der Waals surface area (Å²) in [6.07, 6.45) is 4.40. The van der Waals surface area contributed by atoms with Crippen molar-refractivity contribution >= 4 is 23.8 Å². The quantitative estimate of drug-likeness (QED) is 0.643. The van der Waals surface area contributed by atoms with Crippen LogP contribution in [0.2, 0.25) is 0 Å². The number of benzene rings is 3. The predicted molar refractivity (Wildman–Crippen MR) is 113 cm³/mol. The van der Waals surface area contributed by atoms with Crippen molar-refractivity contribution in [2.75, 3.05) is 13.2 Å². The zero-order valence-corrected chi connectivity index (χ0v) is 16.3. The first-order chi connectivity index (χ1) is 13.4. The molecule has 2 aliphatic heterocycles. The molecule has 27 heavy (non-hydrogen) atoms. The molecule has 0 atom stereocenters. The molecule has 0 fully saturated rings. The summed E-state index contributed by atoms with van der Waals surface area (Å²) in [6.45, 7) is 1.62. The van der Waals surface area contributed by atoms with E-state index in [1.54, 1.807) is 0 Å². The van der Waals surface area contributed by atoms with Crippen LogP contribution in [0, 0.1) is 0 Å². The maximum atomic E-state index is 6.20. The van der Waals surface area contributed by atoms with Gasteiger partial charge in [0.25, 0.3) is 0 Å². The number of ether oxygens (including phenoxy) is 2. The molecule has 2 heterocycles. The molecule has 136 valence electrons. The van der Waals surface area contributed by atoms with E-state index in [1.807, 2.05) is 0 Å². The normalized spacial score (nSPS) is 15.4. The van der Waals surface area contributed by atoms with Crippen LogP contribution in [-0.4, -0.2) is 13.2 Å². The molecule has 2 nitrogen and oxygen atoms in total. The Morgan fingerprint density at radius 1 is 0.593 bits per heavy atom. The standard InChI is InChI=1S/C24H23O2P/c1-2-12-20(13-3-1)27(21-14-4-8-18-10-6-16-25-23(18)21)22-15-5-9-19-11-7-17-26-24(19)22/h1-5,8-9,12-15H,6-7,10-11,16-17H2. The van der Waals surface area contributed by atoms with E-state index in [4.69, 9.17) is 9.47 Å². The van der Waals surface area contributed by atoms with Crippen molar-refractivity contribution in [1.82, 2.24) is 0 Å². The van der Waals surface area contributed by atoms with Crippen LogP contribution in [0.15, 0.2) is 66.7 Å². The summed E-state index contributed by atoms with van der Waals surface area (Å²) in [4.78, 5) is 0. The van der Waals surface area contributed by atoms with Crippen molar-refractivity contribution in [3.05, 3.63) is 77.9 Å². The van der Waals surface area contributed by atoms with Crippen molar-refractivity contribution < 1.29 is 9.47 Å². The molecule has 3 aromatic rings. The predicted octanol–water partition coefficient (Wildman–Crippen LogP) is 4.09. The third kappa shape index (κ3) is 3.13. The van der Waals surface area contributed by atoms with Crippen LogP contribution in [0.5, 0.6) is 11.5 Å². The molecule has 0 radical (unpaired) electrons. The van der Waals surface area contributed by atoms with Gasteiger partial charge in [0.15, 0.2) is 0 Å². The minimum absolute atomic E-state index is 0.725. The number of aryl methyl sites for hydroxylation is 2. The number of fused-ring (bicyclic) bond motifs is 2. The third-order valence-electron chi connectivity index (χ3n) is 5.32. The molecular weight excluding hydrogens is 351 g/mol. The van der Waals surface area contributed by atoms with E-state index in [9.17, 15) is 0 Å². The zero-order valence-electron chi connectivity index (χ0n) is 15.4. The van der Waals surface area contributed by atoms with Gasteiger partial charge in [0.05, 0.1) is 13.2 Å². The molecule has 0 amide bonds. The topological polar surface area (TPSA) is 18.5 Å². The monoisotopic (exact) mass is 374 g/mol. The second-order valence-corrected chi connectivity index (χ2v) is 9.26. The lowest BCUT2D eigenvalue weighted by Crippen LogP contribution is -2.27. The van der Waals surface area contributed by atoms with E-state index in [2.05, 4.69) is 66.7 Å². The summed E-state index contributed by atoms with van der Waals surface area (Å²) in [5.41, 5.74) is 2.68. The Morgan fingerprint density at radius 2 is 1.15 bits per heavy atom. The number of hydrogen-bond donors (Lipinski definition) is 0. The highest BCUT2D eigenvalue weighted by atomic mass is 31.1. The van der Waals surface area contributed by atoms with Crippen LogP contribution in [0.4, 0.5) is 0 Å². The van der Waals surface area contributed by atoms with Crippen LogP contribution in [-0.2, 0) is 12.8 Å². The van der Waals surface area contributed by atoms with Crippen LogP contribution < -0.4 is 25.4 Å². The minimum atomic E-state index is -0.725. The van der Waals surface area contributed by atoms with E-state index < -0.39 is 7.92 Å². The zero-order chi connectivity index (χ0) is 18.1. The van der Waals surface area contributed by atoms with Crippen molar-refractivity contribution in [1.29, 1.82) is 0 Å². The lowest BCUT2D eigenvalue weighted by molar-refractivity contribution is 0.290. The maximum Gasteiger partial charge on any atom is 0.130 e. The highest BCUT2D eigenvalue weighted by Crippen LogP contribution is 2.43. The molecule has 2 aliphatic rings. The molecule has 0 unspecified atom stereocenters. The van der Waals surface area contributed by atoms with E-state index in [0.29, 0.717) is 0 Å². The molecular formula is C24H23O2P. The number of hydrogen-bond acceptors (Lipinski definition) is 2. The number of para-hydroxylation sites is 2. The van der Waals surface area contributed by atoms with Gasteiger partial charge in [0.1, 0.15) is 11.5 Å². The fraction of sp³-hybridized carbons (Fsp3) is 0.250. The van der Waals surface area contributed by atoms with Gasteiger partial charge in [-0.15, -0.1) is 0 Å². The Kier molecular flexibility index (Phi) is 4.59. The van der Waals surface area contributed by atoms with Crippen LogP contribution >= 0.6 is 7.92 Å². The molecule has 0 N–H and O–H groups in total. The van der Waals surface area contributed by atoms with Gasteiger partial charge in [-0.25, -0.2) is 0 Å². The largest absolute Gasteiger partial charge is 0.493 e. The average molecular weight is 374 g/mol. The maximum absolute atomic E-state index is 6.20. The third-order valence-corrected chi connectivity index (χ3v) is 7.80. The van der Waals surface area contributed by atoms with Gasteiger partial charge >= 0.3 is 0 Å². The summed E-state index contributed by atoms with van der Waals surface area (Å²) < 4.78 is 12.4. The second-order valence-electron chi connectivity index (χ2n) is 7.11. The molecule has 0 bridgehead atoms. The first-order valence-electron chi connectivity index (χ1n) is 9.76. The van der Waals surface area contributed by atoms with E-state index in [1.165, 1.54) is 27.0 Å². The van der Waals surface area contributed by atoms with E-state index in [0.717, 1.165) is 50.4 Å². The van der Waals surface area contributed by atoms with Crippen molar-refractivity contribution in [3.8, 4) is 11.5 Å². The Hall–Kier alpha value is -2.31. The van der Waals surface area contributed by atoms with Gasteiger partial charge in [-0.3, -0.25) is 0 Å². The molecule has 0 saturated carbocycles. The Bertz CT molecular complexity index is 892. The minimum Gasteiger partial charge on any atom is -0.493 e. The molecule has 5 rings (SSSR count). The van der Waals surface area contributed by atoms with E-state index >= 15 is 0 Å². The first kappa shape index (κ1) is 16.8. The van der Waals surface area contributed by atoms with Crippen LogP contribution in [0.3, 0.4) is 0 Å². The van der Waals surface area contributed by atoms with Crippen molar-refractivity contribution in [3.63, 3.8) is 0 Å². The van der Waals surface area contributed by atoms with Gasteiger partial charge < -0.3 is 9.47 Å². The van der Waals surface area contributed by atoms with Gasteiger partial charge in [0.2, 0.25) is 0 Å². The van der Waals surface area contributed by atoms with Crippen LogP contribution in [0.25, 0.3) is 0 Å². The smallest absolute Gasteiger partial charge is 0.130 e. The summed E-state index contributed by atoms with van der Waals surface area (Å²) >= 11 is 0. The highest BCUT2D eigenvalue weighted by molar-refractivity contribution is 7.80. The first-order valence-corrected chi connectivity index (χ1v) is 11.1. The summed E-state index contributed by atoms with van der Waals surface area (Å²) in [7, 11) is -0.725. The molecule has 3 aromatic carbocycles. The fourth-order valence-electron chi connectivity index (χ4n) is 4.08. The molecule has 3 heteroatoms. The highest BCUT2D eigenvalue weighted by Gasteiger charge is 2.28. The van der Waals surface area contributed by atoms with Gasteiger partial charge in [-0.1, -0.05) is 66.7 Å². The Balaban J connectivity index is 1.73. The summed E-state index contributed by atoms with van der Waals surface area (Å²) in [5, 5.41) is 3.98. The molecule has 0 spiro atoms. The van der Waals surface area contributed by atoms with Gasteiger partial charge in [0, 0.05) is 10.6 Å². The summed E-state index contributed by atoms with van der Waals surface area (Å²) in [5.74, 6) is 2.21. The second kappa shape index (κ2) is 7.37. The van der Waals surface area contributed by atoms with Gasteiger partial charge in [-0.2, -0.15) is 0 Å². The molecule has 0 saturated heterocycles. The van der Waals surface area contributed by atoms with Crippen LogP contribution in [0.1, 0.15) is 24.0 Å².